The minimum absolute atomic E-state index is 0.0868. The van der Waals surface area contributed by atoms with Gasteiger partial charge in [0.05, 0.1) is 5.56 Å². The minimum atomic E-state index is -2.70. The Hall–Kier alpha value is -1.70. The van der Waals surface area contributed by atoms with Crippen molar-refractivity contribution in [3.8, 4) is 0 Å². The Labute approximate surface area is 119 Å². The standard InChI is InChI=1S/C12H14F2N2O3S/c1-7(10(17)16(2)3)19-11(18)8-5-4-6-15-9(8)20-12(13)14/h4-7,12H,1-3H3. The van der Waals surface area contributed by atoms with E-state index in [0.29, 0.717) is 0 Å². The van der Waals surface area contributed by atoms with Gasteiger partial charge in [-0.25, -0.2) is 9.78 Å². The second-order valence-corrected chi connectivity index (χ2v) is 4.99. The fourth-order valence-electron chi connectivity index (χ4n) is 1.36. The monoisotopic (exact) mass is 304 g/mol. The molecule has 1 aromatic heterocycles. The van der Waals surface area contributed by atoms with Crippen LogP contribution in [0.5, 0.6) is 0 Å². The summed E-state index contributed by atoms with van der Waals surface area (Å²) < 4.78 is 29.7. The van der Waals surface area contributed by atoms with Gasteiger partial charge in [-0.05, 0) is 30.8 Å². The van der Waals surface area contributed by atoms with Crippen LogP contribution < -0.4 is 0 Å². The Bertz CT molecular complexity index is 497. The highest BCUT2D eigenvalue weighted by Crippen LogP contribution is 2.26. The number of nitrogens with zero attached hydrogens (tertiary/aromatic N) is 2. The normalized spacial score (nSPS) is 12.1. The summed E-state index contributed by atoms with van der Waals surface area (Å²) in [6, 6.07) is 2.76. The Balaban J connectivity index is 2.85. The summed E-state index contributed by atoms with van der Waals surface area (Å²) in [5.41, 5.74) is -0.0868. The first-order chi connectivity index (χ1) is 9.32. The molecule has 0 spiro atoms. The van der Waals surface area contributed by atoms with Crippen LogP contribution in [0, 0.1) is 0 Å². The van der Waals surface area contributed by atoms with Crippen LogP contribution in [0.1, 0.15) is 17.3 Å². The van der Waals surface area contributed by atoms with Gasteiger partial charge in [-0.15, -0.1) is 0 Å². The van der Waals surface area contributed by atoms with Crippen LogP contribution in [-0.2, 0) is 9.53 Å². The second-order valence-electron chi connectivity index (χ2n) is 4.01. The number of hydrogen-bond donors (Lipinski definition) is 0. The Morgan fingerprint density at radius 3 is 2.60 bits per heavy atom. The maximum Gasteiger partial charge on any atom is 0.341 e. The average Bonchev–Trinajstić information content (AvgIpc) is 2.37. The Morgan fingerprint density at radius 1 is 1.40 bits per heavy atom. The number of hydrogen-bond acceptors (Lipinski definition) is 5. The molecule has 20 heavy (non-hydrogen) atoms. The fourth-order valence-corrected chi connectivity index (χ4v) is 1.93. The minimum Gasteiger partial charge on any atom is -0.449 e. The van der Waals surface area contributed by atoms with Crippen LogP contribution in [0.2, 0.25) is 0 Å². The van der Waals surface area contributed by atoms with Crippen molar-refractivity contribution in [2.45, 2.75) is 23.8 Å². The van der Waals surface area contributed by atoms with Crippen molar-refractivity contribution in [3.05, 3.63) is 23.9 Å². The van der Waals surface area contributed by atoms with Crippen LogP contribution in [0.15, 0.2) is 23.4 Å². The highest BCUT2D eigenvalue weighted by atomic mass is 32.2. The number of thioether (sulfide) groups is 1. The smallest absolute Gasteiger partial charge is 0.341 e. The molecule has 110 valence electrons. The third kappa shape index (κ3) is 4.44. The van der Waals surface area contributed by atoms with Gasteiger partial charge in [-0.3, -0.25) is 4.79 Å². The maximum absolute atomic E-state index is 12.4. The first-order valence-corrected chi connectivity index (χ1v) is 6.53. The molecule has 0 saturated carbocycles. The summed E-state index contributed by atoms with van der Waals surface area (Å²) in [6.45, 7) is 1.41. The van der Waals surface area contributed by atoms with Gasteiger partial charge >= 0.3 is 5.97 Å². The molecule has 1 atom stereocenters. The molecule has 1 amide bonds. The highest BCUT2D eigenvalue weighted by molar-refractivity contribution is 7.99. The highest BCUT2D eigenvalue weighted by Gasteiger charge is 2.23. The van der Waals surface area contributed by atoms with E-state index in [2.05, 4.69) is 4.98 Å². The quantitative estimate of drug-likeness (QED) is 0.615. The van der Waals surface area contributed by atoms with E-state index in [9.17, 15) is 18.4 Å². The van der Waals surface area contributed by atoms with Gasteiger partial charge in [-0.2, -0.15) is 8.78 Å². The molecule has 0 saturated heterocycles. The predicted molar refractivity (Wildman–Crippen MR) is 69.7 cm³/mol. The molecule has 5 nitrogen and oxygen atoms in total. The molecule has 0 fully saturated rings. The molecule has 0 N–H and O–H groups in total. The summed E-state index contributed by atoms with van der Waals surface area (Å²) >= 11 is 0.155. The molecule has 1 heterocycles. The lowest BCUT2D eigenvalue weighted by molar-refractivity contribution is -0.137. The number of esters is 1. The lowest BCUT2D eigenvalue weighted by Gasteiger charge is -2.17. The van der Waals surface area contributed by atoms with Gasteiger partial charge in [0, 0.05) is 20.3 Å². The third-order valence-electron chi connectivity index (χ3n) is 2.26. The van der Waals surface area contributed by atoms with Gasteiger partial charge in [0.2, 0.25) is 0 Å². The molecule has 0 aromatic carbocycles. The first-order valence-electron chi connectivity index (χ1n) is 5.65. The lowest BCUT2D eigenvalue weighted by Crippen LogP contribution is -2.35. The van der Waals surface area contributed by atoms with E-state index in [1.165, 1.54) is 44.2 Å². The molecule has 0 bridgehead atoms. The number of ether oxygens (including phenoxy) is 1. The molecule has 1 unspecified atom stereocenters. The van der Waals surface area contributed by atoms with Crippen molar-refractivity contribution in [1.29, 1.82) is 0 Å². The summed E-state index contributed by atoms with van der Waals surface area (Å²) in [5.74, 6) is -3.95. The summed E-state index contributed by atoms with van der Waals surface area (Å²) in [4.78, 5) is 28.5. The lowest BCUT2D eigenvalue weighted by atomic mass is 10.3. The number of alkyl halides is 2. The zero-order valence-electron chi connectivity index (χ0n) is 11.2. The van der Waals surface area contributed by atoms with Crippen LogP contribution >= 0.6 is 11.8 Å². The van der Waals surface area contributed by atoms with Crippen molar-refractivity contribution in [2.75, 3.05) is 14.1 Å². The van der Waals surface area contributed by atoms with Crippen LogP contribution in [0.3, 0.4) is 0 Å². The number of rotatable bonds is 5. The average molecular weight is 304 g/mol. The van der Waals surface area contributed by atoms with E-state index in [1.807, 2.05) is 0 Å². The van der Waals surface area contributed by atoms with E-state index in [-0.39, 0.29) is 22.4 Å². The molecule has 0 aliphatic carbocycles. The van der Waals surface area contributed by atoms with Gasteiger partial charge in [0.25, 0.3) is 11.7 Å². The molecule has 0 aliphatic heterocycles. The van der Waals surface area contributed by atoms with Crippen molar-refractivity contribution < 1.29 is 23.1 Å². The molecule has 1 aromatic rings. The van der Waals surface area contributed by atoms with E-state index >= 15 is 0 Å². The largest absolute Gasteiger partial charge is 0.449 e. The molecule has 8 heteroatoms. The SMILES string of the molecule is CC(OC(=O)c1cccnc1SC(F)F)C(=O)N(C)C. The van der Waals surface area contributed by atoms with Crippen molar-refractivity contribution in [2.24, 2.45) is 0 Å². The number of amides is 1. The van der Waals surface area contributed by atoms with Crippen LogP contribution in [-0.4, -0.2) is 47.7 Å². The molecular weight excluding hydrogens is 290 g/mol. The van der Waals surface area contributed by atoms with Crippen LogP contribution in [0.25, 0.3) is 0 Å². The second kappa shape index (κ2) is 7.18. The van der Waals surface area contributed by atoms with E-state index in [0.717, 1.165) is 0 Å². The van der Waals surface area contributed by atoms with Crippen molar-refractivity contribution >= 4 is 23.6 Å². The van der Waals surface area contributed by atoms with E-state index in [4.69, 9.17) is 4.74 Å². The van der Waals surface area contributed by atoms with Gasteiger partial charge in [-0.1, -0.05) is 0 Å². The first kappa shape index (κ1) is 16.4. The number of carbonyl (C=O) groups is 2. The Morgan fingerprint density at radius 2 is 2.05 bits per heavy atom. The molecule has 0 aliphatic rings. The summed E-state index contributed by atoms with van der Waals surface area (Å²) in [6.07, 6.45) is 0.303. The topological polar surface area (TPSA) is 59.5 Å². The van der Waals surface area contributed by atoms with E-state index < -0.39 is 23.7 Å². The van der Waals surface area contributed by atoms with Gasteiger partial charge in [0.15, 0.2) is 6.10 Å². The fraction of sp³-hybridized carbons (Fsp3) is 0.417. The molecule has 1 rings (SSSR count). The number of carbonyl (C=O) groups excluding carboxylic acids is 2. The van der Waals surface area contributed by atoms with Gasteiger partial charge < -0.3 is 9.64 Å². The summed E-state index contributed by atoms with van der Waals surface area (Å²) in [5, 5.41) is -0.128. The summed E-state index contributed by atoms with van der Waals surface area (Å²) in [7, 11) is 3.05. The van der Waals surface area contributed by atoms with Gasteiger partial charge in [0.1, 0.15) is 5.03 Å². The zero-order chi connectivity index (χ0) is 15.3. The van der Waals surface area contributed by atoms with Crippen molar-refractivity contribution in [1.82, 2.24) is 9.88 Å². The predicted octanol–water partition coefficient (Wildman–Crippen LogP) is 2.03. The Kier molecular flexibility index (Phi) is 5.87. The zero-order valence-corrected chi connectivity index (χ0v) is 12.0. The third-order valence-corrected chi connectivity index (χ3v) is 2.99. The molecule has 0 radical (unpaired) electrons. The molecular formula is C12H14F2N2O3S. The van der Waals surface area contributed by atoms with Crippen molar-refractivity contribution in [3.63, 3.8) is 0 Å². The van der Waals surface area contributed by atoms with Crippen LogP contribution in [0.4, 0.5) is 8.78 Å². The maximum atomic E-state index is 12.4. The number of halogens is 2. The van der Waals surface area contributed by atoms with E-state index in [1.54, 1.807) is 0 Å². The number of pyridine rings is 1. The number of likely N-dealkylation sites (N-methyl/N-ethyl adjacent to an activating group) is 1. The number of aromatic nitrogens is 1.